The molecule has 7 rings (SSSR count). The maximum absolute atomic E-state index is 2.37. The first-order chi connectivity index (χ1) is 20.8. The average molecular weight is 537 g/mol. The summed E-state index contributed by atoms with van der Waals surface area (Å²) in [4.78, 5) is 0. The second-order valence-electron chi connectivity index (χ2n) is 10.8. The lowest BCUT2D eigenvalue weighted by Gasteiger charge is -2.20. The van der Waals surface area contributed by atoms with Crippen molar-refractivity contribution in [2.75, 3.05) is 0 Å². The Balaban J connectivity index is 1.61. The second kappa shape index (κ2) is 11.0. The van der Waals surface area contributed by atoms with E-state index in [9.17, 15) is 0 Å². The number of fused-ring (bicyclic) bond motifs is 3. The Morgan fingerprint density at radius 3 is 1.64 bits per heavy atom. The fraction of sp³-hybridized carbons (Fsp3) is 0.0476. The van der Waals surface area contributed by atoms with Crippen molar-refractivity contribution in [3.8, 4) is 33.4 Å². The fourth-order valence-electron chi connectivity index (χ4n) is 6.45. The van der Waals surface area contributed by atoms with Crippen molar-refractivity contribution in [1.82, 2.24) is 0 Å². The Labute approximate surface area is 247 Å². The van der Waals surface area contributed by atoms with E-state index in [2.05, 4.69) is 172 Å². The minimum atomic E-state index is 1.22. The van der Waals surface area contributed by atoms with Crippen molar-refractivity contribution in [3.63, 3.8) is 0 Å². The monoisotopic (exact) mass is 536 g/mol. The van der Waals surface area contributed by atoms with Gasteiger partial charge < -0.3 is 0 Å². The molecule has 7 aromatic carbocycles. The summed E-state index contributed by atoms with van der Waals surface area (Å²) in [5, 5.41) is 7.62. The van der Waals surface area contributed by atoms with E-state index in [4.69, 9.17) is 0 Å². The predicted molar refractivity (Wildman–Crippen MR) is 184 cm³/mol. The van der Waals surface area contributed by atoms with Gasteiger partial charge in [0, 0.05) is 0 Å². The normalized spacial score (nSPS) is 12.1. The van der Waals surface area contributed by atoms with E-state index in [1.54, 1.807) is 0 Å². The molecule has 0 aliphatic carbocycles. The molecule has 0 bridgehead atoms. The molecule has 0 heteroatoms. The summed E-state index contributed by atoms with van der Waals surface area (Å²) in [5.74, 6) is 0. The van der Waals surface area contributed by atoms with Crippen LogP contribution in [0.3, 0.4) is 0 Å². The molecule has 0 aliphatic heterocycles. The van der Waals surface area contributed by atoms with Gasteiger partial charge in [0.15, 0.2) is 0 Å². The van der Waals surface area contributed by atoms with E-state index in [0.29, 0.717) is 0 Å². The van der Waals surface area contributed by atoms with Crippen molar-refractivity contribution >= 4 is 37.9 Å². The van der Waals surface area contributed by atoms with E-state index in [-0.39, 0.29) is 0 Å². The van der Waals surface area contributed by atoms with Crippen LogP contribution < -0.4 is 0 Å². The Bertz CT molecular complexity index is 2080. The van der Waals surface area contributed by atoms with Crippen LogP contribution in [-0.2, 0) is 0 Å². The molecule has 0 aliphatic rings. The van der Waals surface area contributed by atoms with Gasteiger partial charge in [-0.25, -0.2) is 0 Å². The largest absolute Gasteiger partial charge is 0.0871 e. The molecule has 7 aromatic rings. The Kier molecular flexibility index (Phi) is 6.74. The minimum absolute atomic E-state index is 1.22. The van der Waals surface area contributed by atoms with Crippen LogP contribution in [0.15, 0.2) is 158 Å². The van der Waals surface area contributed by atoms with E-state index in [0.717, 1.165) is 0 Å². The number of rotatable bonds is 5. The lowest BCUT2D eigenvalue weighted by Crippen LogP contribution is -1.93. The quantitative estimate of drug-likeness (QED) is 0.152. The highest BCUT2D eigenvalue weighted by molar-refractivity contribution is 6.23. The van der Waals surface area contributed by atoms with Crippen LogP contribution >= 0.6 is 0 Å². The zero-order valence-corrected chi connectivity index (χ0v) is 24.0. The van der Waals surface area contributed by atoms with Crippen LogP contribution in [0.2, 0.25) is 0 Å². The maximum atomic E-state index is 2.37. The molecule has 0 fully saturated rings. The standard InChI is InChI=1S/C42H32/c1-3-15-29(4-2)32-26-33(30-16-6-5-7-17-30)28-34(27-32)41-37-21-10-12-23-39(37)42(40-24-13-11-22-38(40)41)36-25-14-19-31-18-8-9-20-35(31)36/h3-28H,1-2H3/b15-3-,29-4+. The fourth-order valence-corrected chi connectivity index (χ4v) is 6.45. The van der Waals surface area contributed by atoms with Crippen LogP contribution in [0.25, 0.3) is 71.3 Å². The summed E-state index contributed by atoms with van der Waals surface area (Å²) in [6, 6.07) is 51.0. The van der Waals surface area contributed by atoms with Crippen molar-refractivity contribution in [2.45, 2.75) is 13.8 Å². The third-order valence-electron chi connectivity index (χ3n) is 8.31. The third kappa shape index (κ3) is 4.42. The highest BCUT2D eigenvalue weighted by atomic mass is 14.2. The smallest absolute Gasteiger partial charge is 0.00201 e. The van der Waals surface area contributed by atoms with Gasteiger partial charge in [-0.05, 0) is 109 Å². The molecule has 0 aromatic heterocycles. The molecule has 0 saturated carbocycles. The first-order valence-electron chi connectivity index (χ1n) is 14.7. The van der Waals surface area contributed by atoms with Gasteiger partial charge in [0.2, 0.25) is 0 Å². The Morgan fingerprint density at radius 1 is 0.452 bits per heavy atom. The molecule has 0 heterocycles. The van der Waals surface area contributed by atoms with Gasteiger partial charge in [-0.1, -0.05) is 140 Å². The molecule has 42 heavy (non-hydrogen) atoms. The highest BCUT2D eigenvalue weighted by Gasteiger charge is 2.19. The molecular weight excluding hydrogens is 504 g/mol. The molecule has 0 unspecified atom stereocenters. The summed E-state index contributed by atoms with van der Waals surface area (Å²) < 4.78 is 0. The molecule has 0 amide bonds. The van der Waals surface area contributed by atoms with Gasteiger partial charge in [-0.3, -0.25) is 0 Å². The topological polar surface area (TPSA) is 0 Å². The van der Waals surface area contributed by atoms with Crippen LogP contribution in [0.4, 0.5) is 0 Å². The Hall–Kier alpha value is -5.20. The van der Waals surface area contributed by atoms with Gasteiger partial charge in [-0.2, -0.15) is 0 Å². The van der Waals surface area contributed by atoms with E-state index >= 15 is 0 Å². The summed E-state index contributed by atoms with van der Waals surface area (Å²) in [7, 11) is 0. The van der Waals surface area contributed by atoms with Crippen LogP contribution in [0, 0.1) is 0 Å². The molecule has 0 N–H and O–H groups in total. The van der Waals surface area contributed by atoms with Crippen molar-refractivity contribution in [2.24, 2.45) is 0 Å². The number of hydrogen-bond donors (Lipinski definition) is 0. The van der Waals surface area contributed by atoms with Crippen LogP contribution in [0.1, 0.15) is 19.4 Å². The van der Waals surface area contributed by atoms with Gasteiger partial charge in [-0.15, -0.1) is 0 Å². The highest BCUT2D eigenvalue weighted by Crippen LogP contribution is 2.46. The van der Waals surface area contributed by atoms with E-state index in [1.165, 1.54) is 76.8 Å². The van der Waals surface area contributed by atoms with E-state index in [1.807, 2.05) is 0 Å². The second-order valence-corrected chi connectivity index (χ2v) is 10.8. The SMILES string of the molecule is C/C=C\C(=C/C)c1cc(-c2ccccc2)cc(-c2c3ccccc3c(-c3cccc4ccccc34)c3ccccc23)c1. The Morgan fingerprint density at radius 2 is 1.00 bits per heavy atom. The lowest BCUT2D eigenvalue weighted by molar-refractivity contribution is 1.55. The number of hydrogen-bond acceptors (Lipinski definition) is 0. The van der Waals surface area contributed by atoms with E-state index < -0.39 is 0 Å². The molecule has 200 valence electrons. The number of benzene rings is 7. The van der Waals surface area contributed by atoms with Crippen molar-refractivity contribution in [1.29, 1.82) is 0 Å². The summed E-state index contributed by atoms with van der Waals surface area (Å²) in [6.45, 7) is 4.20. The lowest BCUT2D eigenvalue weighted by atomic mass is 9.83. The molecule has 0 spiro atoms. The van der Waals surface area contributed by atoms with Crippen molar-refractivity contribution in [3.05, 3.63) is 163 Å². The average Bonchev–Trinajstić information content (AvgIpc) is 3.06. The molecule has 0 atom stereocenters. The van der Waals surface area contributed by atoms with Gasteiger partial charge in [0.1, 0.15) is 0 Å². The first kappa shape index (κ1) is 25.7. The zero-order valence-electron chi connectivity index (χ0n) is 24.0. The number of allylic oxidation sites excluding steroid dienone is 4. The minimum Gasteiger partial charge on any atom is -0.0871 e. The molecule has 0 radical (unpaired) electrons. The third-order valence-corrected chi connectivity index (χ3v) is 8.31. The van der Waals surface area contributed by atoms with Gasteiger partial charge in [0.05, 0.1) is 0 Å². The molecule has 0 saturated heterocycles. The summed E-state index contributed by atoms with van der Waals surface area (Å²) in [5.41, 5.74) is 9.96. The molecule has 0 nitrogen and oxygen atoms in total. The summed E-state index contributed by atoms with van der Waals surface area (Å²) in [6.07, 6.45) is 6.52. The summed E-state index contributed by atoms with van der Waals surface area (Å²) >= 11 is 0. The predicted octanol–water partition coefficient (Wildman–Crippen LogP) is 12.1. The van der Waals surface area contributed by atoms with Crippen molar-refractivity contribution < 1.29 is 0 Å². The van der Waals surface area contributed by atoms with Crippen LogP contribution in [0.5, 0.6) is 0 Å². The maximum Gasteiger partial charge on any atom is -0.00201 e. The van der Waals surface area contributed by atoms with Gasteiger partial charge in [0.25, 0.3) is 0 Å². The van der Waals surface area contributed by atoms with Gasteiger partial charge >= 0.3 is 0 Å². The molecular formula is C42H32. The first-order valence-corrected chi connectivity index (χ1v) is 14.7. The zero-order chi connectivity index (χ0) is 28.5. The van der Waals surface area contributed by atoms with Crippen LogP contribution in [-0.4, -0.2) is 0 Å².